The highest BCUT2D eigenvalue weighted by atomic mass is 16.4. The Balaban J connectivity index is 5.47. The molecule has 0 rings (SSSR count). The van der Waals surface area contributed by atoms with E-state index >= 15 is 0 Å². The molecule has 0 aliphatic carbocycles. The summed E-state index contributed by atoms with van der Waals surface area (Å²) in [7, 11) is 0. The number of carboxylic acid groups (broad SMARTS) is 1. The fraction of sp³-hybridized carbons (Fsp3) is 0.773. The Kier molecular flexibility index (Phi) is 14.5. The smallest absolute Gasteiger partial charge is 0.326 e. The maximum absolute atomic E-state index is 13.0. The molecule has 0 bridgehead atoms. The van der Waals surface area contributed by atoms with Crippen LogP contribution in [0.4, 0.5) is 0 Å². The van der Waals surface area contributed by atoms with Crippen LogP contribution in [0.5, 0.6) is 0 Å². The van der Waals surface area contributed by atoms with Crippen molar-refractivity contribution < 1.29 is 29.4 Å². The Bertz CT molecular complexity index is 738. The van der Waals surface area contributed by atoms with Gasteiger partial charge in [-0.1, -0.05) is 27.7 Å². The first kappa shape index (κ1) is 32.1. The van der Waals surface area contributed by atoms with Crippen LogP contribution in [0, 0.1) is 11.8 Å². The molecule has 0 aromatic carbocycles. The summed E-state index contributed by atoms with van der Waals surface area (Å²) in [6.45, 7) is 9.00. The molecule has 5 atom stereocenters. The van der Waals surface area contributed by atoms with Crippen LogP contribution in [0.2, 0.25) is 0 Å². The van der Waals surface area contributed by atoms with Gasteiger partial charge in [0.05, 0.1) is 6.10 Å². The van der Waals surface area contributed by atoms with E-state index in [0.717, 1.165) is 0 Å². The van der Waals surface area contributed by atoms with Crippen molar-refractivity contribution in [2.45, 2.75) is 90.6 Å². The number of hydrogen-bond acceptors (Lipinski definition) is 7. The molecular weight excluding hydrogens is 458 g/mol. The number of rotatable bonds is 16. The highest BCUT2D eigenvalue weighted by Crippen LogP contribution is 2.10. The second-order valence-corrected chi connectivity index (χ2v) is 9.50. The Morgan fingerprint density at radius 2 is 1.23 bits per heavy atom. The molecule has 13 nitrogen and oxygen atoms in total. The van der Waals surface area contributed by atoms with Crippen LogP contribution in [0.15, 0.2) is 4.99 Å². The number of carbonyl (C=O) groups is 4. The molecule has 0 heterocycles. The van der Waals surface area contributed by atoms with Gasteiger partial charge in [-0.05, 0) is 44.4 Å². The number of aliphatic hydroxyl groups excluding tert-OH is 1. The molecule has 0 aromatic rings. The van der Waals surface area contributed by atoms with Crippen LogP contribution in [0.1, 0.15) is 60.3 Å². The molecular formula is C22H43N7O6. The fourth-order valence-corrected chi connectivity index (χ4v) is 3.20. The van der Waals surface area contributed by atoms with Gasteiger partial charge in [-0.2, -0.15) is 0 Å². The van der Waals surface area contributed by atoms with E-state index in [-0.39, 0.29) is 43.6 Å². The van der Waals surface area contributed by atoms with Crippen molar-refractivity contribution in [3.8, 4) is 0 Å². The van der Waals surface area contributed by atoms with Gasteiger partial charge in [-0.15, -0.1) is 0 Å². The van der Waals surface area contributed by atoms with E-state index in [1.165, 1.54) is 6.92 Å². The quantitative estimate of drug-likeness (QED) is 0.0688. The summed E-state index contributed by atoms with van der Waals surface area (Å²) in [5.41, 5.74) is 16.2. The number of nitrogens with zero attached hydrogens (tertiary/aromatic N) is 1. The molecule has 0 aliphatic rings. The minimum absolute atomic E-state index is 0.00186. The number of carbonyl (C=O) groups excluding carboxylic acids is 3. The Morgan fingerprint density at radius 3 is 1.60 bits per heavy atom. The molecule has 3 amide bonds. The summed E-state index contributed by atoms with van der Waals surface area (Å²) in [6.07, 6.45) is -0.195. The number of hydrogen-bond donors (Lipinski definition) is 8. The monoisotopic (exact) mass is 501 g/mol. The number of carboxylic acids is 1. The largest absolute Gasteiger partial charge is 0.480 e. The molecule has 5 unspecified atom stereocenters. The van der Waals surface area contributed by atoms with Crippen molar-refractivity contribution in [2.24, 2.45) is 34.0 Å². The minimum atomic E-state index is -1.23. The molecule has 0 aromatic heterocycles. The second-order valence-electron chi connectivity index (χ2n) is 9.50. The molecule has 11 N–H and O–H groups in total. The van der Waals surface area contributed by atoms with Crippen molar-refractivity contribution in [1.29, 1.82) is 0 Å². The van der Waals surface area contributed by atoms with Crippen LogP contribution in [-0.4, -0.2) is 76.7 Å². The first-order valence-electron chi connectivity index (χ1n) is 11.8. The molecule has 0 aliphatic heterocycles. The predicted octanol–water partition coefficient (Wildman–Crippen LogP) is -1.62. The van der Waals surface area contributed by atoms with Crippen LogP contribution >= 0.6 is 0 Å². The lowest BCUT2D eigenvalue weighted by atomic mass is 9.99. The van der Waals surface area contributed by atoms with Crippen LogP contribution in [0.25, 0.3) is 0 Å². The number of aliphatic imine (C=N–C) groups is 1. The Morgan fingerprint density at radius 1 is 0.800 bits per heavy atom. The third-order valence-corrected chi connectivity index (χ3v) is 5.06. The molecule has 0 saturated heterocycles. The summed E-state index contributed by atoms with van der Waals surface area (Å²) in [5, 5.41) is 26.7. The summed E-state index contributed by atoms with van der Waals surface area (Å²) in [6, 6.07) is -4.44. The van der Waals surface area contributed by atoms with Gasteiger partial charge in [-0.3, -0.25) is 19.4 Å². The van der Waals surface area contributed by atoms with Gasteiger partial charge >= 0.3 is 5.97 Å². The number of aliphatic hydroxyl groups is 1. The van der Waals surface area contributed by atoms with Crippen molar-refractivity contribution in [3.63, 3.8) is 0 Å². The fourth-order valence-electron chi connectivity index (χ4n) is 3.20. The molecule has 35 heavy (non-hydrogen) atoms. The molecule has 0 fully saturated rings. The number of guanidine groups is 1. The molecule has 0 radical (unpaired) electrons. The van der Waals surface area contributed by atoms with E-state index in [0.29, 0.717) is 6.42 Å². The SMILES string of the molecule is CC(C)CC(NC(=O)C(CC(C)C)NC(=O)C(N)C(C)O)C(=O)NC(CCCN=C(N)N)C(=O)O. The molecule has 0 spiro atoms. The second kappa shape index (κ2) is 15.9. The highest BCUT2D eigenvalue weighted by Gasteiger charge is 2.31. The molecule has 0 saturated carbocycles. The van der Waals surface area contributed by atoms with Gasteiger partial charge in [0, 0.05) is 6.54 Å². The standard InChI is InChI=1S/C22H43N7O6/c1-11(2)9-15(18(31)27-14(21(34)35)7-6-8-26-22(24)25)28-19(32)16(10-12(3)4)29-20(33)17(23)13(5)30/h11-17,30H,6-10,23H2,1-5H3,(H,27,31)(H,28,32)(H,29,33)(H,34,35)(H4,24,25,26). The molecule has 13 heteroatoms. The lowest BCUT2D eigenvalue weighted by molar-refractivity contribution is -0.142. The van der Waals surface area contributed by atoms with Crippen molar-refractivity contribution in [3.05, 3.63) is 0 Å². The van der Waals surface area contributed by atoms with E-state index in [4.69, 9.17) is 17.2 Å². The first-order valence-corrected chi connectivity index (χ1v) is 11.8. The molecule has 202 valence electrons. The maximum Gasteiger partial charge on any atom is 0.326 e. The number of nitrogens with one attached hydrogen (secondary N) is 3. The Hall–Kier alpha value is -2.93. The van der Waals surface area contributed by atoms with E-state index in [9.17, 15) is 29.4 Å². The zero-order valence-corrected chi connectivity index (χ0v) is 21.3. The number of nitrogens with two attached hydrogens (primary N) is 3. The van der Waals surface area contributed by atoms with Gasteiger partial charge in [0.2, 0.25) is 17.7 Å². The van der Waals surface area contributed by atoms with Crippen LogP contribution in [-0.2, 0) is 19.2 Å². The highest BCUT2D eigenvalue weighted by molar-refractivity contribution is 5.94. The van der Waals surface area contributed by atoms with Crippen molar-refractivity contribution in [2.75, 3.05) is 6.54 Å². The average molecular weight is 502 g/mol. The summed E-state index contributed by atoms with van der Waals surface area (Å²) >= 11 is 0. The van der Waals surface area contributed by atoms with E-state index in [1.54, 1.807) is 0 Å². The van der Waals surface area contributed by atoms with Gasteiger partial charge < -0.3 is 43.4 Å². The predicted molar refractivity (Wildman–Crippen MR) is 132 cm³/mol. The zero-order valence-electron chi connectivity index (χ0n) is 21.3. The normalized spacial score (nSPS) is 15.5. The zero-order chi connectivity index (χ0) is 27.3. The topological polar surface area (TPSA) is 235 Å². The van der Waals surface area contributed by atoms with E-state index < -0.39 is 54.0 Å². The summed E-state index contributed by atoms with van der Waals surface area (Å²) in [4.78, 5) is 53.7. The first-order chi connectivity index (χ1) is 16.1. The van der Waals surface area contributed by atoms with Gasteiger partial charge in [-0.25, -0.2) is 4.79 Å². The third-order valence-electron chi connectivity index (χ3n) is 5.06. The van der Waals surface area contributed by atoms with Crippen LogP contribution in [0.3, 0.4) is 0 Å². The summed E-state index contributed by atoms with van der Waals surface area (Å²) in [5.74, 6) is -3.28. The third kappa shape index (κ3) is 13.5. The Labute approximate surface area is 206 Å². The van der Waals surface area contributed by atoms with E-state index in [1.807, 2.05) is 27.7 Å². The maximum atomic E-state index is 13.0. The number of aliphatic carboxylic acids is 1. The van der Waals surface area contributed by atoms with Crippen molar-refractivity contribution in [1.82, 2.24) is 16.0 Å². The van der Waals surface area contributed by atoms with Crippen molar-refractivity contribution >= 4 is 29.7 Å². The minimum Gasteiger partial charge on any atom is -0.480 e. The lowest BCUT2D eigenvalue weighted by Crippen LogP contribution is -2.58. The summed E-state index contributed by atoms with van der Waals surface area (Å²) < 4.78 is 0. The lowest BCUT2D eigenvalue weighted by Gasteiger charge is -2.27. The van der Waals surface area contributed by atoms with Crippen LogP contribution < -0.4 is 33.2 Å². The van der Waals surface area contributed by atoms with E-state index in [2.05, 4.69) is 20.9 Å². The number of amides is 3. The van der Waals surface area contributed by atoms with Gasteiger partial charge in [0.25, 0.3) is 0 Å². The average Bonchev–Trinajstić information content (AvgIpc) is 2.72. The van der Waals surface area contributed by atoms with Gasteiger partial charge in [0.15, 0.2) is 5.96 Å². The van der Waals surface area contributed by atoms with Gasteiger partial charge in [0.1, 0.15) is 24.2 Å².